The van der Waals surface area contributed by atoms with E-state index in [9.17, 15) is 4.79 Å². The van der Waals surface area contributed by atoms with Crippen LogP contribution in [0.15, 0.2) is 30.3 Å². The lowest BCUT2D eigenvalue weighted by molar-refractivity contribution is -0.117. The minimum atomic E-state index is -0.0198. The van der Waals surface area contributed by atoms with Crippen molar-refractivity contribution in [2.24, 2.45) is 0 Å². The van der Waals surface area contributed by atoms with Crippen LogP contribution in [0.3, 0.4) is 0 Å². The van der Waals surface area contributed by atoms with Gasteiger partial charge in [0.05, 0.1) is 18.8 Å². The van der Waals surface area contributed by atoms with E-state index in [4.69, 9.17) is 4.74 Å². The Balaban J connectivity index is 1.77. The molecule has 1 atom stereocenters. The van der Waals surface area contributed by atoms with Crippen molar-refractivity contribution in [2.45, 2.75) is 26.3 Å². The third kappa shape index (κ3) is 3.26. The second kappa shape index (κ2) is 6.24. The minimum Gasteiger partial charge on any atom is -0.495 e. The van der Waals surface area contributed by atoms with Gasteiger partial charge in [-0.2, -0.15) is 0 Å². The fourth-order valence-corrected chi connectivity index (χ4v) is 2.86. The van der Waals surface area contributed by atoms with Crippen molar-refractivity contribution in [3.63, 3.8) is 0 Å². The van der Waals surface area contributed by atoms with Crippen LogP contribution in [-0.4, -0.2) is 35.6 Å². The van der Waals surface area contributed by atoms with Crippen LogP contribution >= 0.6 is 0 Å². The average molecular weight is 312 g/mol. The third-order valence-electron chi connectivity index (χ3n) is 3.82. The van der Waals surface area contributed by atoms with Gasteiger partial charge in [0.25, 0.3) is 0 Å². The van der Waals surface area contributed by atoms with E-state index in [1.54, 1.807) is 12.0 Å². The maximum Gasteiger partial charge on any atom is 0.229 e. The topological polar surface area (TPSA) is 67.3 Å². The molecule has 1 fully saturated rings. The molecule has 23 heavy (non-hydrogen) atoms. The number of nitrogens with zero attached hydrogens (tertiary/aromatic N) is 3. The first-order valence-corrected chi connectivity index (χ1v) is 7.59. The zero-order valence-electron chi connectivity index (χ0n) is 13.5. The highest BCUT2D eigenvalue weighted by Gasteiger charge is 2.32. The lowest BCUT2D eigenvalue weighted by Gasteiger charge is -2.19. The summed E-state index contributed by atoms with van der Waals surface area (Å²) in [6, 6.07) is 9.45. The molecule has 3 rings (SSSR count). The molecule has 6 nitrogen and oxygen atoms in total. The Labute approximate surface area is 135 Å². The highest BCUT2D eigenvalue weighted by Crippen LogP contribution is 2.31. The van der Waals surface area contributed by atoms with Gasteiger partial charge in [-0.05, 0) is 32.0 Å². The number of ether oxygens (including phenoxy) is 1. The molecule has 0 aliphatic carbocycles. The second-order valence-corrected chi connectivity index (χ2v) is 5.70. The molecule has 1 unspecified atom stereocenters. The molecule has 120 valence electrons. The normalized spacial score (nSPS) is 17.4. The van der Waals surface area contributed by atoms with Crippen molar-refractivity contribution in [1.29, 1.82) is 0 Å². The summed E-state index contributed by atoms with van der Waals surface area (Å²) in [7, 11) is 1.61. The Bertz CT molecular complexity index is 712. The van der Waals surface area contributed by atoms with Gasteiger partial charge >= 0.3 is 0 Å². The van der Waals surface area contributed by atoms with Gasteiger partial charge in [-0.1, -0.05) is 12.1 Å². The SMILES string of the molecule is COc1ccccc1N1CC(Nc2nc(C)cc(C)n2)CC1=O. The number of methoxy groups -OCH3 is 1. The molecule has 6 heteroatoms. The van der Waals surface area contributed by atoms with Crippen LogP contribution in [0.4, 0.5) is 11.6 Å². The zero-order valence-corrected chi connectivity index (χ0v) is 13.5. The molecule has 1 amide bonds. The zero-order chi connectivity index (χ0) is 16.4. The van der Waals surface area contributed by atoms with E-state index in [1.807, 2.05) is 44.2 Å². The van der Waals surface area contributed by atoms with Crippen molar-refractivity contribution in [3.05, 3.63) is 41.7 Å². The predicted octanol–water partition coefficient (Wildman–Crippen LogP) is 2.32. The number of hydrogen-bond donors (Lipinski definition) is 1. The molecular weight excluding hydrogens is 292 g/mol. The summed E-state index contributed by atoms with van der Waals surface area (Å²) >= 11 is 0. The van der Waals surface area contributed by atoms with E-state index in [2.05, 4.69) is 15.3 Å². The maximum atomic E-state index is 12.4. The van der Waals surface area contributed by atoms with Gasteiger partial charge in [0.1, 0.15) is 5.75 Å². The summed E-state index contributed by atoms with van der Waals surface area (Å²) < 4.78 is 5.35. The van der Waals surface area contributed by atoms with Crippen LogP contribution in [-0.2, 0) is 4.79 Å². The second-order valence-electron chi connectivity index (χ2n) is 5.70. The van der Waals surface area contributed by atoms with Crippen molar-refractivity contribution < 1.29 is 9.53 Å². The van der Waals surface area contributed by atoms with Gasteiger partial charge in [0.2, 0.25) is 11.9 Å². The number of rotatable bonds is 4. The lowest BCUT2D eigenvalue weighted by atomic mass is 10.2. The Morgan fingerprint density at radius 2 is 1.91 bits per heavy atom. The monoisotopic (exact) mass is 312 g/mol. The minimum absolute atomic E-state index is 0.0198. The van der Waals surface area contributed by atoms with Crippen molar-refractivity contribution >= 4 is 17.5 Å². The standard InChI is InChI=1S/C17H20N4O2/c1-11-8-12(2)19-17(18-11)20-13-9-16(22)21(10-13)14-6-4-5-7-15(14)23-3/h4-8,13H,9-10H2,1-3H3,(H,18,19,20). The molecular formula is C17H20N4O2. The van der Waals surface area contributed by atoms with Crippen LogP contribution in [0.1, 0.15) is 17.8 Å². The number of nitrogens with one attached hydrogen (secondary N) is 1. The van der Waals surface area contributed by atoms with E-state index in [0.29, 0.717) is 24.7 Å². The smallest absolute Gasteiger partial charge is 0.229 e. The van der Waals surface area contributed by atoms with E-state index < -0.39 is 0 Å². The van der Waals surface area contributed by atoms with Gasteiger partial charge in [0, 0.05) is 24.4 Å². The molecule has 1 saturated heterocycles. The number of para-hydroxylation sites is 2. The molecule has 1 aromatic heterocycles. The summed E-state index contributed by atoms with van der Waals surface area (Å²) in [5.41, 5.74) is 2.61. The number of aryl methyl sites for hydroxylation is 2. The maximum absolute atomic E-state index is 12.4. The van der Waals surface area contributed by atoms with Crippen molar-refractivity contribution in [2.75, 3.05) is 23.9 Å². The van der Waals surface area contributed by atoms with Gasteiger partial charge in [-0.15, -0.1) is 0 Å². The fraction of sp³-hybridized carbons (Fsp3) is 0.353. The van der Waals surface area contributed by atoms with Gasteiger partial charge < -0.3 is 15.0 Å². The number of carbonyl (C=O) groups excluding carboxylic acids is 1. The molecule has 2 aromatic rings. The summed E-state index contributed by atoms with van der Waals surface area (Å²) in [5, 5.41) is 3.26. The molecule has 1 aromatic carbocycles. The van der Waals surface area contributed by atoms with Crippen LogP contribution in [0.25, 0.3) is 0 Å². The Morgan fingerprint density at radius 3 is 2.61 bits per heavy atom. The van der Waals surface area contributed by atoms with Crippen molar-refractivity contribution in [3.8, 4) is 5.75 Å². The lowest BCUT2D eigenvalue weighted by Crippen LogP contribution is -2.28. The number of amides is 1. The number of carbonyl (C=O) groups is 1. The van der Waals surface area contributed by atoms with E-state index in [-0.39, 0.29) is 11.9 Å². The van der Waals surface area contributed by atoms with Crippen molar-refractivity contribution in [1.82, 2.24) is 9.97 Å². The van der Waals surface area contributed by atoms with E-state index >= 15 is 0 Å². The van der Waals surface area contributed by atoms with E-state index in [0.717, 1.165) is 17.1 Å². The highest BCUT2D eigenvalue weighted by atomic mass is 16.5. The fourth-order valence-electron chi connectivity index (χ4n) is 2.86. The molecule has 0 saturated carbocycles. The average Bonchev–Trinajstić information content (AvgIpc) is 2.86. The van der Waals surface area contributed by atoms with Crippen LogP contribution in [0.5, 0.6) is 5.75 Å². The van der Waals surface area contributed by atoms with Gasteiger partial charge in [-0.25, -0.2) is 9.97 Å². The number of anilines is 2. The Hall–Kier alpha value is -2.63. The van der Waals surface area contributed by atoms with Crippen LogP contribution in [0, 0.1) is 13.8 Å². The summed E-state index contributed by atoms with van der Waals surface area (Å²) in [4.78, 5) is 22.9. The van der Waals surface area contributed by atoms with Gasteiger partial charge in [0.15, 0.2) is 0 Å². The largest absolute Gasteiger partial charge is 0.495 e. The third-order valence-corrected chi connectivity index (χ3v) is 3.82. The number of aromatic nitrogens is 2. The van der Waals surface area contributed by atoms with E-state index in [1.165, 1.54) is 0 Å². The van der Waals surface area contributed by atoms with Gasteiger partial charge in [-0.3, -0.25) is 4.79 Å². The first kappa shape index (κ1) is 15.3. The molecule has 0 bridgehead atoms. The quantitative estimate of drug-likeness (QED) is 0.938. The van der Waals surface area contributed by atoms with Crippen LogP contribution in [0.2, 0.25) is 0 Å². The molecule has 1 N–H and O–H groups in total. The molecule has 1 aliphatic heterocycles. The predicted molar refractivity (Wildman–Crippen MR) is 88.9 cm³/mol. The first-order valence-electron chi connectivity index (χ1n) is 7.59. The van der Waals surface area contributed by atoms with Crippen LogP contribution < -0.4 is 15.0 Å². The number of hydrogen-bond acceptors (Lipinski definition) is 5. The Kier molecular flexibility index (Phi) is 4.14. The molecule has 0 spiro atoms. The summed E-state index contributed by atoms with van der Waals surface area (Å²) in [6.45, 7) is 4.43. The molecule has 0 radical (unpaired) electrons. The Morgan fingerprint density at radius 1 is 1.22 bits per heavy atom. The number of benzene rings is 1. The molecule has 2 heterocycles. The highest BCUT2D eigenvalue weighted by molar-refractivity contribution is 5.97. The summed E-state index contributed by atoms with van der Waals surface area (Å²) in [6.07, 6.45) is 0.411. The summed E-state index contributed by atoms with van der Waals surface area (Å²) in [5.74, 6) is 1.34. The molecule has 1 aliphatic rings. The first-order chi connectivity index (χ1) is 11.1.